The smallest absolute Gasteiger partial charge is 0.119 e. The molecule has 0 aromatic heterocycles. The van der Waals surface area contributed by atoms with Crippen molar-refractivity contribution in [2.45, 2.75) is 25.4 Å². The van der Waals surface area contributed by atoms with Crippen LogP contribution in [-0.4, -0.2) is 32.0 Å². The Hall–Kier alpha value is -0.580. The zero-order valence-corrected chi connectivity index (χ0v) is 12.7. The van der Waals surface area contributed by atoms with E-state index >= 15 is 0 Å². The molecular weight excluding hydrogens is 308 g/mol. The van der Waals surface area contributed by atoms with Gasteiger partial charge in [-0.05, 0) is 49.4 Å². The van der Waals surface area contributed by atoms with Crippen molar-refractivity contribution in [2.24, 2.45) is 5.92 Å². The highest BCUT2D eigenvalue weighted by molar-refractivity contribution is 9.10. The van der Waals surface area contributed by atoms with Crippen molar-refractivity contribution in [3.05, 3.63) is 28.2 Å². The molecule has 4 heteroatoms. The standard InChI is InChI=1S/C15H19BrO3/c1-11-6-13(2-3-14(11)16)18-9-12-7-15(8-12)10-17-4-5-19-15/h2-3,6,12H,4-5,7-10H2,1H3. The van der Waals surface area contributed by atoms with Crippen molar-refractivity contribution in [1.82, 2.24) is 0 Å². The van der Waals surface area contributed by atoms with Gasteiger partial charge in [0.25, 0.3) is 0 Å². The molecule has 3 nitrogen and oxygen atoms in total. The zero-order chi connectivity index (χ0) is 13.3. The van der Waals surface area contributed by atoms with Gasteiger partial charge < -0.3 is 14.2 Å². The van der Waals surface area contributed by atoms with Crippen LogP contribution in [-0.2, 0) is 9.47 Å². The van der Waals surface area contributed by atoms with E-state index in [-0.39, 0.29) is 5.60 Å². The molecule has 2 fully saturated rings. The van der Waals surface area contributed by atoms with E-state index < -0.39 is 0 Å². The number of hydrogen-bond acceptors (Lipinski definition) is 3. The highest BCUT2D eigenvalue weighted by Gasteiger charge is 2.47. The van der Waals surface area contributed by atoms with Gasteiger partial charge in [0.1, 0.15) is 5.75 Å². The molecule has 1 aliphatic carbocycles. The van der Waals surface area contributed by atoms with E-state index in [0.717, 1.165) is 49.5 Å². The Morgan fingerprint density at radius 3 is 2.89 bits per heavy atom. The molecule has 0 radical (unpaired) electrons. The maximum atomic E-state index is 5.86. The van der Waals surface area contributed by atoms with Gasteiger partial charge in [-0.2, -0.15) is 0 Å². The van der Waals surface area contributed by atoms with Crippen molar-refractivity contribution in [3.63, 3.8) is 0 Å². The molecule has 0 bridgehead atoms. The fourth-order valence-electron chi connectivity index (χ4n) is 2.88. The minimum atomic E-state index is 0.00189. The molecule has 1 aromatic carbocycles. The second-order valence-corrected chi connectivity index (χ2v) is 6.43. The van der Waals surface area contributed by atoms with Crippen molar-refractivity contribution < 1.29 is 14.2 Å². The first-order chi connectivity index (χ1) is 9.17. The first kappa shape index (κ1) is 13.4. The van der Waals surface area contributed by atoms with E-state index in [2.05, 4.69) is 28.9 Å². The van der Waals surface area contributed by atoms with Gasteiger partial charge in [-0.15, -0.1) is 0 Å². The summed E-state index contributed by atoms with van der Waals surface area (Å²) in [6.07, 6.45) is 2.12. The summed E-state index contributed by atoms with van der Waals surface area (Å²) in [6.45, 7) is 5.07. The first-order valence-electron chi connectivity index (χ1n) is 6.78. The second-order valence-electron chi connectivity index (χ2n) is 5.58. The molecule has 1 spiro atoms. The Morgan fingerprint density at radius 1 is 1.37 bits per heavy atom. The molecule has 0 amide bonds. The van der Waals surface area contributed by atoms with Gasteiger partial charge in [-0.25, -0.2) is 0 Å². The Kier molecular flexibility index (Phi) is 3.83. The van der Waals surface area contributed by atoms with Crippen LogP contribution < -0.4 is 4.74 Å². The van der Waals surface area contributed by atoms with Crippen LogP contribution in [0, 0.1) is 12.8 Å². The predicted octanol–water partition coefficient (Wildman–Crippen LogP) is 3.33. The van der Waals surface area contributed by atoms with Crippen molar-refractivity contribution >= 4 is 15.9 Å². The highest BCUT2D eigenvalue weighted by atomic mass is 79.9. The van der Waals surface area contributed by atoms with E-state index in [1.165, 1.54) is 5.56 Å². The SMILES string of the molecule is Cc1cc(OCC2CC3(COCCO3)C2)ccc1Br. The van der Waals surface area contributed by atoms with Crippen molar-refractivity contribution in [1.29, 1.82) is 0 Å². The van der Waals surface area contributed by atoms with Gasteiger partial charge in [0.15, 0.2) is 0 Å². The Balaban J connectivity index is 1.47. The molecule has 2 aliphatic rings. The van der Waals surface area contributed by atoms with Crippen LogP contribution in [0.4, 0.5) is 0 Å². The molecule has 0 N–H and O–H groups in total. The molecule has 1 saturated heterocycles. The average molecular weight is 327 g/mol. The van der Waals surface area contributed by atoms with Crippen molar-refractivity contribution in [2.75, 3.05) is 26.4 Å². The normalized spacial score (nSPS) is 30.1. The van der Waals surface area contributed by atoms with E-state index in [0.29, 0.717) is 5.92 Å². The highest BCUT2D eigenvalue weighted by Crippen LogP contribution is 2.42. The number of aryl methyl sites for hydroxylation is 1. The largest absolute Gasteiger partial charge is 0.493 e. The lowest BCUT2D eigenvalue weighted by atomic mass is 9.71. The average Bonchev–Trinajstić information content (AvgIpc) is 2.39. The lowest BCUT2D eigenvalue weighted by Gasteiger charge is -2.48. The van der Waals surface area contributed by atoms with Crippen LogP contribution in [0.25, 0.3) is 0 Å². The molecule has 1 aromatic rings. The van der Waals surface area contributed by atoms with Crippen LogP contribution in [0.5, 0.6) is 5.75 Å². The minimum absolute atomic E-state index is 0.00189. The lowest BCUT2D eigenvalue weighted by molar-refractivity contribution is -0.212. The fraction of sp³-hybridized carbons (Fsp3) is 0.600. The van der Waals surface area contributed by atoms with Crippen LogP contribution in [0.3, 0.4) is 0 Å². The third-order valence-corrected chi connectivity index (χ3v) is 4.83. The summed E-state index contributed by atoms with van der Waals surface area (Å²) in [5.74, 6) is 1.54. The van der Waals surface area contributed by atoms with E-state index in [9.17, 15) is 0 Å². The molecule has 0 unspecified atom stereocenters. The van der Waals surface area contributed by atoms with Gasteiger partial charge in [0.05, 0.1) is 32.0 Å². The lowest BCUT2D eigenvalue weighted by Crippen LogP contribution is -2.54. The Morgan fingerprint density at radius 2 is 2.21 bits per heavy atom. The van der Waals surface area contributed by atoms with Gasteiger partial charge >= 0.3 is 0 Å². The van der Waals surface area contributed by atoms with Gasteiger partial charge in [0, 0.05) is 4.47 Å². The third kappa shape index (κ3) is 2.96. The molecule has 104 valence electrons. The quantitative estimate of drug-likeness (QED) is 0.852. The Bertz CT molecular complexity index is 447. The maximum absolute atomic E-state index is 5.86. The summed E-state index contributed by atoms with van der Waals surface area (Å²) in [5.41, 5.74) is 1.20. The second kappa shape index (κ2) is 5.43. The van der Waals surface area contributed by atoms with Crippen LogP contribution in [0.2, 0.25) is 0 Å². The molecule has 1 heterocycles. The number of rotatable bonds is 3. The number of halogens is 1. The monoisotopic (exact) mass is 326 g/mol. The number of ether oxygens (including phenoxy) is 3. The van der Waals surface area contributed by atoms with E-state index in [1.54, 1.807) is 0 Å². The molecule has 0 atom stereocenters. The molecule has 1 saturated carbocycles. The van der Waals surface area contributed by atoms with Gasteiger partial charge in [0.2, 0.25) is 0 Å². The van der Waals surface area contributed by atoms with E-state index in [4.69, 9.17) is 14.2 Å². The van der Waals surface area contributed by atoms with Gasteiger partial charge in [-0.1, -0.05) is 15.9 Å². The summed E-state index contributed by atoms with van der Waals surface area (Å²) in [6, 6.07) is 6.11. The number of hydrogen-bond donors (Lipinski definition) is 0. The topological polar surface area (TPSA) is 27.7 Å². The third-order valence-electron chi connectivity index (χ3n) is 3.94. The van der Waals surface area contributed by atoms with Crippen LogP contribution in [0.15, 0.2) is 22.7 Å². The minimum Gasteiger partial charge on any atom is -0.493 e. The first-order valence-corrected chi connectivity index (χ1v) is 7.57. The fourth-order valence-corrected chi connectivity index (χ4v) is 3.13. The van der Waals surface area contributed by atoms with E-state index in [1.807, 2.05) is 12.1 Å². The predicted molar refractivity (Wildman–Crippen MR) is 76.6 cm³/mol. The molecule has 19 heavy (non-hydrogen) atoms. The number of benzene rings is 1. The summed E-state index contributed by atoms with van der Waals surface area (Å²) in [5, 5.41) is 0. The van der Waals surface area contributed by atoms with Crippen LogP contribution >= 0.6 is 15.9 Å². The Labute approximate surface area is 122 Å². The zero-order valence-electron chi connectivity index (χ0n) is 11.2. The van der Waals surface area contributed by atoms with Crippen LogP contribution in [0.1, 0.15) is 18.4 Å². The summed E-state index contributed by atoms with van der Waals surface area (Å²) >= 11 is 3.50. The van der Waals surface area contributed by atoms with Gasteiger partial charge in [-0.3, -0.25) is 0 Å². The molecule has 1 aliphatic heterocycles. The van der Waals surface area contributed by atoms with Crippen molar-refractivity contribution in [3.8, 4) is 5.75 Å². The summed E-state index contributed by atoms with van der Waals surface area (Å²) < 4.78 is 18.3. The summed E-state index contributed by atoms with van der Waals surface area (Å²) in [4.78, 5) is 0. The molecule has 3 rings (SSSR count). The molecular formula is C15H19BrO3. The maximum Gasteiger partial charge on any atom is 0.119 e. The summed E-state index contributed by atoms with van der Waals surface area (Å²) in [7, 11) is 0.